The molecule has 130 valence electrons. The van der Waals surface area contributed by atoms with Gasteiger partial charge in [-0.3, -0.25) is 4.79 Å². The highest BCUT2D eigenvalue weighted by Gasteiger charge is 2.17. The minimum Gasteiger partial charge on any atom is -0.343 e. The first-order valence-corrected chi connectivity index (χ1v) is 9.49. The predicted molar refractivity (Wildman–Crippen MR) is 109 cm³/mol. The molecule has 0 aliphatic carbocycles. The molecule has 0 spiro atoms. The van der Waals surface area contributed by atoms with Crippen molar-refractivity contribution in [1.29, 1.82) is 0 Å². The lowest BCUT2D eigenvalue weighted by molar-refractivity contribution is 0.102. The standard InChI is InChI=1S/C22H20N2OS/c1-15-13-20(16(2)24(15)14-18-9-6-12-26-18)22(25)23-21-11-5-8-17-7-3-4-10-19(17)21/h3-13H,14H2,1-2H3,(H,23,25). The first-order chi connectivity index (χ1) is 12.6. The van der Waals surface area contributed by atoms with E-state index >= 15 is 0 Å². The van der Waals surface area contributed by atoms with Crippen molar-refractivity contribution in [3.05, 3.63) is 87.9 Å². The van der Waals surface area contributed by atoms with Crippen LogP contribution in [-0.2, 0) is 6.54 Å². The maximum absolute atomic E-state index is 12.9. The quantitative estimate of drug-likeness (QED) is 0.503. The molecular weight excluding hydrogens is 340 g/mol. The molecule has 0 saturated carbocycles. The minimum atomic E-state index is -0.0631. The zero-order chi connectivity index (χ0) is 18.1. The van der Waals surface area contributed by atoms with Crippen molar-refractivity contribution in [3.8, 4) is 0 Å². The number of benzene rings is 2. The van der Waals surface area contributed by atoms with Gasteiger partial charge in [-0.15, -0.1) is 11.3 Å². The second-order valence-electron chi connectivity index (χ2n) is 6.43. The van der Waals surface area contributed by atoms with Gasteiger partial charge in [0.15, 0.2) is 0 Å². The van der Waals surface area contributed by atoms with Gasteiger partial charge in [0.05, 0.1) is 12.1 Å². The molecule has 4 rings (SSSR count). The van der Waals surface area contributed by atoms with E-state index in [0.29, 0.717) is 0 Å². The number of hydrogen-bond acceptors (Lipinski definition) is 2. The number of fused-ring (bicyclic) bond motifs is 1. The molecule has 2 heterocycles. The molecule has 4 aromatic rings. The van der Waals surface area contributed by atoms with Crippen molar-refractivity contribution in [2.24, 2.45) is 0 Å². The monoisotopic (exact) mass is 360 g/mol. The molecule has 2 aromatic carbocycles. The first kappa shape index (κ1) is 16.6. The van der Waals surface area contributed by atoms with Crippen LogP contribution in [-0.4, -0.2) is 10.5 Å². The molecule has 0 unspecified atom stereocenters. The number of rotatable bonds is 4. The van der Waals surface area contributed by atoms with Crippen LogP contribution in [0.15, 0.2) is 66.0 Å². The van der Waals surface area contributed by atoms with E-state index in [1.165, 1.54) is 4.88 Å². The third-order valence-corrected chi connectivity index (χ3v) is 5.61. The maximum atomic E-state index is 12.9. The van der Waals surface area contributed by atoms with E-state index < -0.39 is 0 Å². The summed E-state index contributed by atoms with van der Waals surface area (Å²) in [5.74, 6) is -0.0631. The lowest BCUT2D eigenvalue weighted by atomic mass is 10.1. The Bertz CT molecular complexity index is 1070. The summed E-state index contributed by atoms with van der Waals surface area (Å²) in [6, 6.07) is 20.2. The van der Waals surface area contributed by atoms with Gasteiger partial charge in [-0.05, 0) is 42.8 Å². The molecule has 2 aromatic heterocycles. The van der Waals surface area contributed by atoms with Crippen molar-refractivity contribution in [3.63, 3.8) is 0 Å². The van der Waals surface area contributed by atoms with Crippen molar-refractivity contribution >= 4 is 33.7 Å². The number of thiophene rings is 1. The van der Waals surface area contributed by atoms with Crippen LogP contribution in [0.5, 0.6) is 0 Å². The number of anilines is 1. The van der Waals surface area contributed by atoms with Crippen LogP contribution in [0.4, 0.5) is 5.69 Å². The number of nitrogens with one attached hydrogen (secondary N) is 1. The van der Waals surface area contributed by atoms with E-state index in [1.807, 2.05) is 43.3 Å². The summed E-state index contributed by atoms with van der Waals surface area (Å²) >= 11 is 1.74. The number of hydrogen-bond donors (Lipinski definition) is 1. The fourth-order valence-corrected chi connectivity index (χ4v) is 4.05. The van der Waals surface area contributed by atoms with Gasteiger partial charge < -0.3 is 9.88 Å². The van der Waals surface area contributed by atoms with Crippen molar-refractivity contribution in [2.75, 3.05) is 5.32 Å². The number of carbonyl (C=O) groups is 1. The summed E-state index contributed by atoms with van der Waals surface area (Å²) < 4.78 is 2.20. The van der Waals surface area contributed by atoms with Crippen molar-refractivity contribution in [1.82, 2.24) is 4.57 Å². The van der Waals surface area contributed by atoms with E-state index in [9.17, 15) is 4.79 Å². The van der Waals surface area contributed by atoms with Crippen LogP contribution in [0.3, 0.4) is 0 Å². The number of nitrogens with zero attached hydrogens (tertiary/aromatic N) is 1. The average Bonchev–Trinajstić information content (AvgIpc) is 3.26. The summed E-state index contributed by atoms with van der Waals surface area (Å²) in [5.41, 5.74) is 3.66. The van der Waals surface area contributed by atoms with Gasteiger partial charge >= 0.3 is 0 Å². The fourth-order valence-electron chi connectivity index (χ4n) is 3.36. The lowest BCUT2D eigenvalue weighted by Crippen LogP contribution is -2.13. The highest BCUT2D eigenvalue weighted by molar-refractivity contribution is 7.09. The minimum absolute atomic E-state index is 0.0631. The highest BCUT2D eigenvalue weighted by atomic mass is 32.1. The van der Waals surface area contributed by atoms with Gasteiger partial charge in [-0.25, -0.2) is 0 Å². The van der Waals surface area contributed by atoms with Gasteiger partial charge in [0.25, 0.3) is 5.91 Å². The molecule has 0 fully saturated rings. The Morgan fingerprint density at radius 1 is 1.04 bits per heavy atom. The average molecular weight is 360 g/mol. The summed E-state index contributed by atoms with van der Waals surface area (Å²) in [6.45, 7) is 4.87. The summed E-state index contributed by atoms with van der Waals surface area (Å²) in [7, 11) is 0. The molecule has 0 atom stereocenters. The van der Waals surface area contributed by atoms with E-state index in [2.05, 4.69) is 46.5 Å². The Hall–Kier alpha value is -2.85. The SMILES string of the molecule is Cc1cc(C(=O)Nc2cccc3ccccc23)c(C)n1Cc1cccs1. The summed E-state index contributed by atoms with van der Waals surface area (Å²) in [5, 5.41) is 7.34. The van der Waals surface area contributed by atoms with E-state index in [4.69, 9.17) is 0 Å². The molecule has 0 saturated heterocycles. The zero-order valence-electron chi connectivity index (χ0n) is 14.8. The summed E-state index contributed by atoms with van der Waals surface area (Å²) in [6.07, 6.45) is 0. The second kappa shape index (κ2) is 6.81. The van der Waals surface area contributed by atoms with Crippen molar-refractivity contribution < 1.29 is 4.79 Å². The molecular formula is C22H20N2OS. The first-order valence-electron chi connectivity index (χ1n) is 8.62. The molecule has 3 nitrogen and oxygen atoms in total. The molecule has 0 radical (unpaired) electrons. The van der Waals surface area contributed by atoms with Gasteiger partial charge in [0, 0.05) is 27.3 Å². The third kappa shape index (κ3) is 3.04. The Balaban J connectivity index is 1.64. The van der Waals surface area contributed by atoms with E-state index in [0.717, 1.165) is 40.0 Å². The zero-order valence-corrected chi connectivity index (χ0v) is 15.6. The highest BCUT2D eigenvalue weighted by Crippen LogP contribution is 2.25. The third-order valence-electron chi connectivity index (χ3n) is 4.75. The molecule has 0 aliphatic heterocycles. The number of aromatic nitrogens is 1. The fraction of sp³-hybridized carbons (Fsp3) is 0.136. The predicted octanol–water partition coefficient (Wildman–Crippen LogP) is 5.62. The summed E-state index contributed by atoms with van der Waals surface area (Å²) in [4.78, 5) is 14.2. The van der Waals surface area contributed by atoms with Crippen molar-refractivity contribution in [2.45, 2.75) is 20.4 Å². The molecule has 0 aliphatic rings. The van der Waals surface area contributed by atoms with Crippen LogP contribution in [0.1, 0.15) is 26.6 Å². The smallest absolute Gasteiger partial charge is 0.257 e. The van der Waals surface area contributed by atoms with Gasteiger partial charge in [-0.1, -0.05) is 42.5 Å². The molecule has 26 heavy (non-hydrogen) atoms. The molecule has 0 bridgehead atoms. The number of carbonyl (C=O) groups excluding carboxylic acids is 1. The Morgan fingerprint density at radius 2 is 1.85 bits per heavy atom. The Morgan fingerprint density at radius 3 is 2.65 bits per heavy atom. The van der Waals surface area contributed by atoms with Gasteiger partial charge in [-0.2, -0.15) is 0 Å². The number of aryl methyl sites for hydroxylation is 1. The van der Waals surface area contributed by atoms with Crippen LogP contribution in [0.25, 0.3) is 10.8 Å². The van der Waals surface area contributed by atoms with Gasteiger partial charge in [0.2, 0.25) is 0 Å². The van der Waals surface area contributed by atoms with E-state index in [1.54, 1.807) is 11.3 Å². The second-order valence-corrected chi connectivity index (χ2v) is 7.46. The normalized spacial score (nSPS) is 11.0. The van der Waals surface area contributed by atoms with Crippen LogP contribution < -0.4 is 5.32 Å². The molecule has 1 N–H and O–H groups in total. The topological polar surface area (TPSA) is 34.0 Å². The van der Waals surface area contributed by atoms with Crippen LogP contribution >= 0.6 is 11.3 Å². The maximum Gasteiger partial charge on any atom is 0.257 e. The Labute approximate surface area is 156 Å². The number of amides is 1. The van der Waals surface area contributed by atoms with Gasteiger partial charge in [0.1, 0.15) is 0 Å². The van der Waals surface area contributed by atoms with Crippen LogP contribution in [0, 0.1) is 13.8 Å². The lowest BCUT2D eigenvalue weighted by Gasteiger charge is -2.10. The van der Waals surface area contributed by atoms with Crippen LogP contribution in [0.2, 0.25) is 0 Å². The Kier molecular flexibility index (Phi) is 4.35. The molecule has 4 heteroatoms. The largest absolute Gasteiger partial charge is 0.343 e. The molecule has 1 amide bonds. The van der Waals surface area contributed by atoms with E-state index in [-0.39, 0.29) is 5.91 Å².